The van der Waals surface area contributed by atoms with Gasteiger partial charge in [0.25, 0.3) is 0 Å². The number of nitrogens with zero attached hydrogens (tertiary/aromatic N) is 4. The lowest BCUT2D eigenvalue weighted by Crippen LogP contribution is -2.39. The van der Waals surface area contributed by atoms with E-state index in [1.807, 2.05) is 6.92 Å². The summed E-state index contributed by atoms with van der Waals surface area (Å²) in [6, 6.07) is 0.322. The van der Waals surface area contributed by atoms with E-state index in [0.29, 0.717) is 24.5 Å². The number of nitrogens with two attached hydrogens (primary N) is 1. The van der Waals surface area contributed by atoms with Gasteiger partial charge in [-0.3, -0.25) is 5.43 Å². The van der Waals surface area contributed by atoms with Gasteiger partial charge in [-0.15, -0.1) is 0 Å². The second-order valence-electron chi connectivity index (χ2n) is 5.30. The van der Waals surface area contributed by atoms with Crippen molar-refractivity contribution in [3.63, 3.8) is 0 Å². The van der Waals surface area contributed by atoms with Crippen molar-refractivity contribution in [3.8, 4) is 6.01 Å². The van der Waals surface area contributed by atoms with Gasteiger partial charge in [0.05, 0.1) is 6.61 Å². The van der Waals surface area contributed by atoms with Crippen molar-refractivity contribution < 1.29 is 4.74 Å². The predicted octanol–water partition coefficient (Wildman–Crippen LogP) is 1.32. The summed E-state index contributed by atoms with van der Waals surface area (Å²) < 4.78 is 5.48. The first-order chi connectivity index (χ1) is 9.06. The molecule has 7 nitrogen and oxygen atoms in total. The number of hydrazine groups is 1. The SMILES string of the molecule is CCCOc1nc(NN)nc(N2CCCC2(C)C)n1. The third-order valence-electron chi connectivity index (χ3n) is 3.31. The van der Waals surface area contributed by atoms with E-state index in [-0.39, 0.29) is 5.54 Å². The topological polar surface area (TPSA) is 89.2 Å². The highest BCUT2D eigenvalue weighted by Gasteiger charge is 2.34. The molecule has 0 atom stereocenters. The van der Waals surface area contributed by atoms with Crippen LogP contribution in [-0.4, -0.2) is 33.6 Å². The van der Waals surface area contributed by atoms with Gasteiger partial charge in [-0.05, 0) is 33.1 Å². The molecule has 1 aromatic rings. The van der Waals surface area contributed by atoms with Crippen LogP contribution < -0.4 is 20.9 Å². The van der Waals surface area contributed by atoms with E-state index in [9.17, 15) is 0 Å². The highest BCUT2D eigenvalue weighted by molar-refractivity contribution is 5.41. The molecule has 1 fully saturated rings. The van der Waals surface area contributed by atoms with Gasteiger partial charge in [0, 0.05) is 12.1 Å². The molecule has 3 N–H and O–H groups in total. The molecule has 0 bridgehead atoms. The second-order valence-corrected chi connectivity index (χ2v) is 5.30. The average molecular weight is 266 g/mol. The maximum Gasteiger partial charge on any atom is 0.323 e. The zero-order valence-electron chi connectivity index (χ0n) is 11.8. The van der Waals surface area contributed by atoms with Crippen molar-refractivity contribution in [1.29, 1.82) is 0 Å². The Kier molecular flexibility index (Phi) is 4.04. The van der Waals surface area contributed by atoms with E-state index in [2.05, 4.69) is 39.1 Å². The molecule has 1 aliphatic rings. The maximum atomic E-state index is 5.48. The van der Waals surface area contributed by atoms with Crippen LogP contribution in [0, 0.1) is 0 Å². The molecular weight excluding hydrogens is 244 g/mol. The Balaban J connectivity index is 2.28. The van der Waals surface area contributed by atoms with Crippen molar-refractivity contribution in [2.75, 3.05) is 23.5 Å². The number of nitrogen functional groups attached to an aromatic ring is 1. The smallest absolute Gasteiger partial charge is 0.323 e. The third-order valence-corrected chi connectivity index (χ3v) is 3.31. The van der Waals surface area contributed by atoms with Crippen LogP contribution in [0.5, 0.6) is 6.01 Å². The van der Waals surface area contributed by atoms with Crippen LogP contribution >= 0.6 is 0 Å². The average Bonchev–Trinajstić information content (AvgIpc) is 2.75. The Bertz CT molecular complexity index is 436. The van der Waals surface area contributed by atoms with Crippen molar-refractivity contribution in [3.05, 3.63) is 0 Å². The van der Waals surface area contributed by atoms with E-state index >= 15 is 0 Å². The first-order valence-corrected chi connectivity index (χ1v) is 6.70. The fraction of sp³-hybridized carbons (Fsp3) is 0.750. The molecule has 0 radical (unpaired) electrons. The highest BCUT2D eigenvalue weighted by Crippen LogP contribution is 2.32. The molecule has 0 amide bonds. The van der Waals surface area contributed by atoms with Crippen LogP contribution in [0.15, 0.2) is 0 Å². The largest absolute Gasteiger partial charge is 0.463 e. The molecular formula is C12H22N6O. The third kappa shape index (κ3) is 3.04. The normalized spacial score (nSPS) is 17.6. The molecule has 2 heterocycles. The van der Waals surface area contributed by atoms with Gasteiger partial charge in [-0.25, -0.2) is 5.84 Å². The van der Waals surface area contributed by atoms with Gasteiger partial charge in [-0.1, -0.05) is 6.92 Å². The van der Waals surface area contributed by atoms with Crippen LogP contribution in [0.3, 0.4) is 0 Å². The molecule has 1 saturated heterocycles. The van der Waals surface area contributed by atoms with Crippen LogP contribution in [0.1, 0.15) is 40.0 Å². The van der Waals surface area contributed by atoms with Crippen molar-refractivity contribution in [2.24, 2.45) is 5.84 Å². The van der Waals surface area contributed by atoms with Gasteiger partial charge >= 0.3 is 6.01 Å². The number of anilines is 2. The predicted molar refractivity (Wildman–Crippen MR) is 74.1 cm³/mol. The zero-order valence-corrected chi connectivity index (χ0v) is 11.8. The van der Waals surface area contributed by atoms with Crippen LogP contribution in [0.25, 0.3) is 0 Å². The van der Waals surface area contributed by atoms with E-state index in [0.717, 1.165) is 25.8 Å². The molecule has 106 valence electrons. The molecule has 0 aromatic carbocycles. The molecule has 19 heavy (non-hydrogen) atoms. The maximum absolute atomic E-state index is 5.48. The zero-order chi connectivity index (χ0) is 13.9. The van der Waals surface area contributed by atoms with Crippen molar-refractivity contribution in [1.82, 2.24) is 15.0 Å². The van der Waals surface area contributed by atoms with Gasteiger partial charge in [0.2, 0.25) is 11.9 Å². The molecule has 1 aliphatic heterocycles. The number of aromatic nitrogens is 3. The number of hydrogen-bond acceptors (Lipinski definition) is 7. The Labute approximate surface area is 113 Å². The fourth-order valence-electron chi connectivity index (χ4n) is 2.27. The highest BCUT2D eigenvalue weighted by atomic mass is 16.5. The minimum Gasteiger partial charge on any atom is -0.463 e. The summed E-state index contributed by atoms with van der Waals surface area (Å²) in [6.07, 6.45) is 3.16. The lowest BCUT2D eigenvalue weighted by atomic mass is 10.0. The molecule has 0 aliphatic carbocycles. The summed E-state index contributed by atoms with van der Waals surface area (Å²) in [5.74, 6) is 6.36. The standard InChI is InChI=1S/C12H22N6O/c1-4-8-19-11-15-9(17-13)14-10(16-11)18-7-5-6-12(18,2)3/h4-8,13H2,1-3H3,(H,14,15,16,17). The van der Waals surface area contributed by atoms with Crippen molar-refractivity contribution >= 4 is 11.9 Å². The molecule has 0 spiro atoms. The number of ether oxygens (including phenoxy) is 1. The van der Waals surface area contributed by atoms with Gasteiger partial charge in [-0.2, -0.15) is 15.0 Å². The minimum atomic E-state index is 0.0508. The fourth-order valence-corrected chi connectivity index (χ4v) is 2.27. The van der Waals surface area contributed by atoms with E-state index in [1.54, 1.807) is 0 Å². The van der Waals surface area contributed by atoms with Crippen LogP contribution in [-0.2, 0) is 0 Å². The summed E-state index contributed by atoms with van der Waals surface area (Å²) in [5, 5.41) is 0. The van der Waals surface area contributed by atoms with Crippen molar-refractivity contribution in [2.45, 2.75) is 45.6 Å². The summed E-state index contributed by atoms with van der Waals surface area (Å²) in [4.78, 5) is 15.0. The van der Waals surface area contributed by atoms with Gasteiger partial charge < -0.3 is 9.64 Å². The van der Waals surface area contributed by atoms with Crippen LogP contribution in [0.4, 0.5) is 11.9 Å². The van der Waals surface area contributed by atoms with Crippen LogP contribution in [0.2, 0.25) is 0 Å². The van der Waals surface area contributed by atoms with E-state index in [1.165, 1.54) is 0 Å². The molecule has 0 unspecified atom stereocenters. The first-order valence-electron chi connectivity index (χ1n) is 6.70. The lowest BCUT2D eigenvalue weighted by molar-refractivity contribution is 0.291. The molecule has 7 heteroatoms. The van der Waals surface area contributed by atoms with E-state index < -0.39 is 0 Å². The Hall–Kier alpha value is -1.63. The summed E-state index contributed by atoms with van der Waals surface area (Å²) in [7, 11) is 0. The Morgan fingerprint density at radius 2 is 2.16 bits per heavy atom. The lowest BCUT2D eigenvalue weighted by Gasteiger charge is -2.31. The quantitative estimate of drug-likeness (QED) is 0.613. The van der Waals surface area contributed by atoms with Gasteiger partial charge in [0.15, 0.2) is 0 Å². The summed E-state index contributed by atoms with van der Waals surface area (Å²) in [5.41, 5.74) is 2.52. The number of hydrogen-bond donors (Lipinski definition) is 2. The molecule has 1 aromatic heterocycles. The molecule has 2 rings (SSSR count). The number of rotatable bonds is 5. The monoisotopic (exact) mass is 266 g/mol. The Morgan fingerprint density at radius 1 is 1.37 bits per heavy atom. The number of nitrogens with one attached hydrogen (secondary N) is 1. The van der Waals surface area contributed by atoms with E-state index in [4.69, 9.17) is 10.6 Å². The second kappa shape index (κ2) is 5.56. The summed E-state index contributed by atoms with van der Waals surface area (Å²) in [6.45, 7) is 7.93. The summed E-state index contributed by atoms with van der Waals surface area (Å²) >= 11 is 0. The minimum absolute atomic E-state index is 0.0508. The van der Waals surface area contributed by atoms with Gasteiger partial charge in [0.1, 0.15) is 0 Å². The first kappa shape index (κ1) is 13.8. The molecule has 0 saturated carbocycles. The Morgan fingerprint density at radius 3 is 2.74 bits per heavy atom.